The summed E-state index contributed by atoms with van der Waals surface area (Å²) in [5, 5.41) is 6.34. The van der Waals surface area contributed by atoms with Crippen LogP contribution in [0.4, 0.5) is 5.69 Å². The van der Waals surface area contributed by atoms with Gasteiger partial charge in [-0.1, -0.05) is 49.6 Å². The highest BCUT2D eigenvalue weighted by molar-refractivity contribution is 5.85. The maximum atomic E-state index is 3.70. The van der Waals surface area contributed by atoms with E-state index in [0.717, 1.165) is 5.92 Å². The minimum Gasteiger partial charge on any atom is -0.382 e. The zero-order valence-corrected chi connectivity index (χ0v) is 11.7. The van der Waals surface area contributed by atoms with Crippen LogP contribution in [-0.2, 0) is 0 Å². The first-order chi connectivity index (χ1) is 9.33. The maximum Gasteiger partial charge on any atom is 0.0348 e. The highest BCUT2D eigenvalue weighted by Gasteiger charge is 2.19. The summed E-state index contributed by atoms with van der Waals surface area (Å²) in [6.45, 7) is 2.34. The highest BCUT2D eigenvalue weighted by Crippen LogP contribution is 2.28. The first-order valence-corrected chi connectivity index (χ1v) is 7.58. The number of nitrogens with one attached hydrogen (secondary N) is 1. The second-order valence-corrected chi connectivity index (χ2v) is 5.89. The van der Waals surface area contributed by atoms with E-state index in [1.54, 1.807) is 0 Å². The molecule has 1 heteroatoms. The van der Waals surface area contributed by atoms with Crippen molar-refractivity contribution in [3.05, 3.63) is 42.5 Å². The molecule has 0 heterocycles. The number of fused-ring (bicyclic) bond motifs is 1. The third-order valence-corrected chi connectivity index (χ3v) is 4.50. The van der Waals surface area contributed by atoms with Crippen LogP contribution in [0.15, 0.2) is 42.5 Å². The van der Waals surface area contributed by atoms with Crippen LogP contribution in [0.25, 0.3) is 10.8 Å². The van der Waals surface area contributed by atoms with Crippen molar-refractivity contribution in [3.8, 4) is 0 Å². The molecule has 1 aliphatic carbocycles. The van der Waals surface area contributed by atoms with Gasteiger partial charge in [0, 0.05) is 11.7 Å². The van der Waals surface area contributed by atoms with E-state index in [9.17, 15) is 0 Å². The van der Waals surface area contributed by atoms with Gasteiger partial charge in [0.25, 0.3) is 0 Å². The molecule has 1 N–H and O–H groups in total. The van der Waals surface area contributed by atoms with Gasteiger partial charge in [0.15, 0.2) is 0 Å². The van der Waals surface area contributed by atoms with Gasteiger partial charge < -0.3 is 5.32 Å². The van der Waals surface area contributed by atoms with Crippen LogP contribution in [0.5, 0.6) is 0 Å². The molecule has 0 aliphatic heterocycles. The van der Waals surface area contributed by atoms with Crippen LogP contribution < -0.4 is 5.32 Å². The Bertz CT molecular complexity index is 540. The molecule has 100 valence electrons. The van der Waals surface area contributed by atoms with Gasteiger partial charge in [-0.15, -0.1) is 0 Å². The van der Waals surface area contributed by atoms with Crippen molar-refractivity contribution in [2.75, 3.05) is 5.32 Å². The first-order valence-electron chi connectivity index (χ1n) is 7.58. The smallest absolute Gasteiger partial charge is 0.0348 e. The minimum absolute atomic E-state index is 0.585. The predicted molar refractivity (Wildman–Crippen MR) is 83.6 cm³/mol. The molecule has 0 saturated heterocycles. The Kier molecular flexibility index (Phi) is 3.72. The lowest BCUT2D eigenvalue weighted by Gasteiger charge is -2.29. The maximum absolute atomic E-state index is 3.70. The second kappa shape index (κ2) is 5.64. The molecule has 1 nitrogen and oxygen atoms in total. The second-order valence-electron chi connectivity index (χ2n) is 5.89. The van der Waals surface area contributed by atoms with Crippen LogP contribution in [0, 0.1) is 5.92 Å². The molecular formula is C18H23N. The summed E-state index contributed by atoms with van der Waals surface area (Å²) in [5.74, 6) is 0.847. The Morgan fingerprint density at radius 1 is 0.947 bits per heavy atom. The van der Waals surface area contributed by atoms with Gasteiger partial charge in [-0.05, 0) is 48.6 Å². The monoisotopic (exact) mass is 253 g/mol. The van der Waals surface area contributed by atoms with Crippen LogP contribution >= 0.6 is 0 Å². The molecular weight excluding hydrogens is 230 g/mol. The number of anilines is 1. The fourth-order valence-corrected chi connectivity index (χ4v) is 3.29. The van der Waals surface area contributed by atoms with Crippen molar-refractivity contribution in [2.24, 2.45) is 5.92 Å². The molecule has 1 saturated carbocycles. The van der Waals surface area contributed by atoms with Crippen molar-refractivity contribution in [3.63, 3.8) is 0 Å². The van der Waals surface area contributed by atoms with Crippen molar-refractivity contribution in [1.82, 2.24) is 0 Å². The van der Waals surface area contributed by atoms with Gasteiger partial charge in [-0.3, -0.25) is 0 Å². The van der Waals surface area contributed by atoms with Crippen LogP contribution in [0.2, 0.25) is 0 Å². The molecule has 2 aromatic rings. The Morgan fingerprint density at radius 3 is 2.47 bits per heavy atom. The number of hydrogen-bond acceptors (Lipinski definition) is 1. The molecule has 1 atom stereocenters. The summed E-state index contributed by atoms with van der Waals surface area (Å²) in [5.41, 5.74) is 1.26. The number of rotatable bonds is 3. The van der Waals surface area contributed by atoms with Gasteiger partial charge >= 0.3 is 0 Å². The summed E-state index contributed by atoms with van der Waals surface area (Å²) in [4.78, 5) is 0. The Labute approximate surface area is 116 Å². The number of benzene rings is 2. The molecule has 1 unspecified atom stereocenters. The zero-order valence-electron chi connectivity index (χ0n) is 11.7. The van der Waals surface area contributed by atoms with E-state index in [0.29, 0.717) is 6.04 Å². The standard InChI is InChI=1S/C18H23N/c1-14(15-7-3-2-4-8-15)19-18-12-11-16-9-5-6-10-17(16)13-18/h5-6,9-15,19H,2-4,7-8H2,1H3. The summed E-state index contributed by atoms with van der Waals surface area (Å²) in [6, 6.07) is 15.8. The lowest BCUT2D eigenvalue weighted by Crippen LogP contribution is -2.27. The molecule has 1 aliphatic rings. The fourth-order valence-electron chi connectivity index (χ4n) is 3.29. The Morgan fingerprint density at radius 2 is 1.68 bits per heavy atom. The van der Waals surface area contributed by atoms with Crippen molar-refractivity contribution < 1.29 is 0 Å². The van der Waals surface area contributed by atoms with E-state index in [-0.39, 0.29) is 0 Å². The number of hydrogen-bond donors (Lipinski definition) is 1. The van der Waals surface area contributed by atoms with E-state index in [4.69, 9.17) is 0 Å². The van der Waals surface area contributed by atoms with E-state index in [1.165, 1.54) is 48.6 Å². The molecule has 3 rings (SSSR count). The van der Waals surface area contributed by atoms with E-state index >= 15 is 0 Å². The van der Waals surface area contributed by atoms with Gasteiger partial charge in [-0.25, -0.2) is 0 Å². The lowest BCUT2D eigenvalue weighted by atomic mass is 9.84. The van der Waals surface area contributed by atoms with Gasteiger partial charge in [0.2, 0.25) is 0 Å². The third-order valence-electron chi connectivity index (χ3n) is 4.50. The molecule has 0 spiro atoms. The quantitative estimate of drug-likeness (QED) is 0.790. The molecule has 19 heavy (non-hydrogen) atoms. The Hall–Kier alpha value is -1.50. The summed E-state index contributed by atoms with van der Waals surface area (Å²) >= 11 is 0. The SMILES string of the molecule is CC(Nc1ccc2ccccc2c1)C1CCCCC1. The average Bonchev–Trinajstić information content (AvgIpc) is 2.48. The summed E-state index contributed by atoms with van der Waals surface area (Å²) in [6.07, 6.45) is 7.03. The van der Waals surface area contributed by atoms with Gasteiger partial charge in [0.05, 0.1) is 0 Å². The largest absolute Gasteiger partial charge is 0.382 e. The normalized spacial score (nSPS) is 18.4. The molecule has 2 aromatic carbocycles. The molecule has 1 fully saturated rings. The van der Waals surface area contributed by atoms with Gasteiger partial charge in [0.1, 0.15) is 0 Å². The molecule has 0 amide bonds. The summed E-state index contributed by atoms with van der Waals surface area (Å²) < 4.78 is 0. The minimum atomic E-state index is 0.585. The van der Waals surface area contributed by atoms with Crippen LogP contribution in [0.1, 0.15) is 39.0 Å². The average molecular weight is 253 g/mol. The predicted octanol–water partition coefficient (Wildman–Crippen LogP) is 5.22. The fraction of sp³-hybridized carbons (Fsp3) is 0.444. The summed E-state index contributed by atoms with van der Waals surface area (Å²) in [7, 11) is 0. The molecule has 0 bridgehead atoms. The Balaban J connectivity index is 1.73. The zero-order chi connectivity index (χ0) is 13.1. The lowest BCUT2D eigenvalue weighted by molar-refractivity contribution is 0.328. The van der Waals surface area contributed by atoms with E-state index in [2.05, 4.69) is 54.7 Å². The topological polar surface area (TPSA) is 12.0 Å². The van der Waals surface area contributed by atoms with Crippen LogP contribution in [0.3, 0.4) is 0 Å². The molecule has 0 aromatic heterocycles. The van der Waals surface area contributed by atoms with Crippen molar-refractivity contribution >= 4 is 16.5 Å². The third kappa shape index (κ3) is 2.91. The van der Waals surface area contributed by atoms with Crippen molar-refractivity contribution in [2.45, 2.75) is 45.1 Å². The van der Waals surface area contributed by atoms with Crippen molar-refractivity contribution in [1.29, 1.82) is 0 Å². The van der Waals surface area contributed by atoms with Gasteiger partial charge in [-0.2, -0.15) is 0 Å². The highest BCUT2D eigenvalue weighted by atomic mass is 14.9. The molecule has 0 radical (unpaired) electrons. The van der Waals surface area contributed by atoms with E-state index in [1.807, 2.05) is 0 Å². The first kappa shape index (κ1) is 12.5. The van der Waals surface area contributed by atoms with Crippen LogP contribution in [-0.4, -0.2) is 6.04 Å². The van der Waals surface area contributed by atoms with E-state index < -0.39 is 0 Å².